The second-order valence-electron chi connectivity index (χ2n) is 10.1. The second kappa shape index (κ2) is 11.2. The first-order valence-electron chi connectivity index (χ1n) is 13.1. The van der Waals surface area contributed by atoms with E-state index in [1.165, 1.54) is 35.9 Å². The fourth-order valence-electron chi connectivity index (χ4n) is 5.44. The molecule has 2 N–H and O–H groups in total. The lowest BCUT2D eigenvalue weighted by Crippen LogP contribution is -2.33. The summed E-state index contributed by atoms with van der Waals surface area (Å²) < 4.78 is 47.0. The van der Waals surface area contributed by atoms with Gasteiger partial charge in [0.15, 0.2) is 11.5 Å². The number of aromatic hydroxyl groups is 1. The van der Waals surface area contributed by atoms with Crippen molar-refractivity contribution in [3.63, 3.8) is 0 Å². The number of nitrogens with zero attached hydrogens (tertiary/aromatic N) is 2. The summed E-state index contributed by atoms with van der Waals surface area (Å²) in [7, 11) is 1.34. The number of halogens is 3. The first-order chi connectivity index (χ1) is 21.0. The van der Waals surface area contributed by atoms with Crippen LogP contribution in [0.1, 0.15) is 21.9 Å². The lowest BCUT2D eigenvalue weighted by molar-refractivity contribution is -0.137. The van der Waals surface area contributed by atoms with Crippen LogP contribution in [0, 0.1) is 5.92 Å². The number of phenols is 1. The number of para-hydroxylation sites is 1. The summed E-state index contributed by atoms with van der Waals surface area (Å²) in [6.45, 7) is -0.380. The number of carbonyl (C=O) groups is 3. The van der Waals surface area contributed by atoms with Gasteiger partial charge in [-0.25, -0.2) is 4.90 Å². The molecule has 3 aromatic carbocycles. The number of nitrogens with one attached hydrogen (secondary N) is 1. The molecule has 9 nitrogen and oxygen atoms in total. The van der Waals surface area contributed by atoms with E-state index in [2.05, 4.69) is 5.32 Å². The van der Waals surface area contributed by atoms with E-state index in [0.29, 0.717) is 21.2 Å². The van der Waals surface area contributed by atoms with Crippen LogP contribution < -0.4 is 19.8 Å². The second-order valence-corrected chi connectivity index (χ2v) is 12.2. The molecule has 0 radical (unpaired) electrons. The van der Waals surface area contributed by atoms with Crippen molar-refractivity contribution in [2.45, 2.75) is 28.9 Å². The number of hydrogen-bond acceptors (Lipinski definition) is 8. The van der Waals surface area contributed by atoms with Crippen molar-refractivity contribution < 1.29 is 37.4 Å². The van der Waals surface area contributed by atoms with E-state index in [9.17, 15) is 37.5 Å². The van der Waals surface area contributed by atoms with Crippen LogP contribution >= 0.6 is 23.1 Å². The number of fused-ring (bicyclic) bond motifs is 2. The number of imide groups is 1. The molecule has 0 spiro atoms. The van der Waals surface area contributed by atoms with Crippen molar-refractivity contribution in [3.05, 3.63) is 98.5 Å². The molecule has 0 bridgehead atoms. The minimum atomic E-state index is -4.70. The Kier molecular flexibility index (Phi) is 7.49. The molecule has 0 saturated carbocycles. The van der Waals surface area contributed by atoms with Crippen LogP contribution in [0.25, 0.3) is 0 Å². The van der Waals surface area contributed by atoms with Crippen LogP contribution in [0.4, 0.5) is 24.5 Å². The molecule has 3 atom stereocenters. The summed E-state index contributed by atoms with van der Waals surface area (Å²) in [5.41, 5.74) is -0.291. The summed E-state index contributed by atoms with van der Waals surface area (Å²) >= 11 is 1.75. The fourth-order valence-corrected chi connectivity index (χ4v) is 8.22. The number of ether oxygens (including phenoxy) is 1. The molecule has 1 fully saturated rings. The van der Waals surface area contributed by atoms with E-state index < -0.39 is 51.4 Å². The predicted octanol–water partition coefficient (Wildman–Crippen LogP) is 5.08. The number of rotatable bonds is 6. The number of benzene rings is 3. The number of amides is 3. The third-order valence-corrected chi connectivity index (χ3v) is 10.0. The molecule has 0 aliphatic carbocycles. The summed E-state index contributed by atoms with van der Waals surface area (Å²) in [6, 6.07) is 17.0. The highest BCUT2D eigenvalue weighted by Crippen LogP contribution is 2.54. The minimum Gasteiger partial charge on any atom is -0.504 e. The summed E-state index contributed by atoms with van der Waals surface area (Å²) in [4.78, 5) is 54.7. The van der Waals surface area contributed by atoms with E-state index >= 15 is 0 Å². The third-order valence-electron chi connectivity index (χ3n) is 7.40. The number of thioether (sulfide) groups is 1. The molecule has 3 unspecified atom stereocenters. The maximum Gasteiger partial charge on any atom is 0.416 e. The van der Waals surface area contributed by atoms with Crippen LogP contribution in [-0.4, -0.2) is 39.8 Å². The van der Waals surface area contributed by atoms with E-state index in [1.807, 2.05) is 0 Å². The number of anilines is 2. The Hall–Kier alpha value is -4.56. The van der Waals surface area contributed by atoms with Gasteiger partial charge in [0.2, 0.25) is 17.7 Å². The molecule has 2 aliphatic heterocycles. The molecule has 6 rings (SSSR count). The quantitative estimate of drug-likeness (QED) is 0.282. The molecular weight excluding hydrogens is 619 g/mol. The first kappa shape index (κ1) is 29.5. The predicted molar refractivity (Wildman–Crippen MR) is 157 cm³/mol. The standard InChI is InChI=1S/C30H22F3N3O6S2/c1-42-20-12-15(10-11-19(20)37)22-23-24(27(40)36(26(23)39)18-9-5-6-16(13-18)30(31,32)33)43-28-25(22)44-29(41)35(28)14-21(38)34-17-7-3-2-4-8-17/h2-13,22-24,37H,14H2,1H3,(H,34,38). The van der Waals surface area contributed by atoms with Gasteiger partial charge in [-0.2, -0.15) is 13.2 Å². The van der Waals surface area contributed by atoms with Crippen LogP contribution in [-0.2, 0) is 27.1 Å². The first-order valence-corrected chi connectivity index (χ1v) is 14.8. The van der Waals surface area contributed by atoms with Crippen molar-refractivity contribution in [2.24, 2.45) is 5.92 Å². The lowest BCUT2D eigenvalue weighted by Gasteiger charge is -2.31. The number of thiazole rings is 1. The fraction of sp³-hybridized carbons (Fsp3) is 0.200. The molecule has 1 aromatic heterocycles. The maximum absolute atomic E-state index is 14.0. The zero-order valence-corrected chi connectivity index (χ0v) is 24.3. The molecule has 44 heavy (non-hydrogen) atoms. The van der Waals surface area contributed by atoms with Gasteiger partial charge in [-0.1, -0.05) is 53.4 Å². The Labute approximate surface area is 255 Å². The highest BCUT2D eigenvalue weighted by molar-refractivity contribution is 8.00. The molecule has 4 aromatic rings. The number of methoxy groups -OCH3 is 1. The third kappa shape index (κ3) is 5.13. The lowest BCUT2D eigenvalue weighted by atomic mass is 9.83. The summed E-state index contributed by atoms with van der Waals surface area (Å²) in [5.74, 6) is -4.08. The van der Waals surface area contributed by atoms with E-state index in [1.54, 1.807) is 30.3 Å². The van der Waals surface area contributed by atoms with E-state index in [4.69, 9.17) is 4.74 Å². The minimum absolute atomic E-state index is 0.0827. The van der Waals surface area contributed by atoms with Crippen LogP contribution in [0.15, 0.2) is 82.6 Å². The highest BCUT2D eigenvalue weighted by atomic mass is 32.2. The van der Waals surface area contributed by atoms with Gasteiger partial charge in [0.1, 0.15) is 11.8 Å². The zero-order valence-electron chi connectivity index (χ0n) is 22.7. The van der Waals surface area contributed by atoms with Gasteiger partial charge in [0.05, 0.1) is 29.3 Å². The average Bonchev–Trinajstić information content (AvgIpc) is 3.43. The molecule has 14 heteroatoms. The smallest absolute Gasteiger partial charge is 0.416 e. The number of carbonyl (C=O) groups excluding carboxylic acids is 3. The van der Waals surface area contributed by atoms with E-state index in [0.717, 1.165) is 46.2 Å². The van der Waals surface area contributed by atoms with Crippen LogP contribution in [0.3, 0.4) is 0 Å². The van der Waals surface area contributed by atoms with Crippen LogP contribution in [0.2, 0.25) is 0 Å². The van der Waals surface area contributed by atoms with Crippen molar-refractivity contribution in [1.82, 2.24) is 4.57 Å². The maximum atomic E-state index is 14.0. The van der Waals surface area contributed by atoms with Gasteiger partial charge in [-0.3, -0.25) is 23.7 Å². The Bertz CT molecular complexity index is 1860. The molecule has 1 saturated heterocycles. The van der Waals surface area contributed by atoms with Crippen molar-refractivity contribution >= 4 is 52.2 Å². The highest BCUT2D eigenvalue weighted by Gasteiger charge is 2.57. The number of aromatic nitrogens is 1. The van der Waals surface area contributed by atoms with Crippen LogP contribution in [0.5, 0.6) is 11.5 Å². The van der Waals surface area contributed by atoms with Crippen molar-refractivity contribution in [2.75, 3.05) is 17.3 Å². The summed E-state index contributed by atoms with van der Waals surface area (Å²) in [5, 5.41) is 12.1. The molecule has 226 valence electrons. The number of hydrogen-bond donors (Lipinski definition) is 2. The SMILES string of the molecule is COc1cc(C2c3sc(=O)n(CC(=O)Nc4ccccc4)c3SC3C(=O)N(c4cccc(C(F)(F)F)c4)C(=O)C32)ccc1O. The zero-order chi connectivity index (χ0) is 31.3. The van der Waals surface area contributed by atoms with Crippen molar-refractivity contribution in [3.8, 4) is 11.5 Å². The van der Waals surface area contributed by atoms with Gasteiger partial charge in [0, 0.05) is 16.5 Å². The van der Waals surface area contributed by atoms with Gasteiger partial charge in [0.25, 0.3) is 0 Å². The Morgan fingerprint density at radius 2 is 1.75 bits per heavy atom. The monoisotopic (exact) mass is 641 g/mol. The Morgan fingerprint density at radius 1 is 1.00 bits per heavy atom. The molecule has 3 heterocycles. The summed E-state index contributed by atoms with van der Waals surface area (Å²) in [6.07, 6.45) is -4.70. The van der Waals surface area contributed by atoms with Gasteiger partial charge in [-0.05, 0) is 48.0 Å². The van der Waals surface area contributed by atoms with Gasteiger partial charge >= 0.3 is 11.0 Å². The normalized spacial score (nSPS) is 19.5. The number of alkyl halides is 3. The van der Waals surface area contributed by atoms with Crippen molar-refractivity contribution in [1.29, 1.82) is 0 Å². The topological polar surface area (TPSA) is 118 Å². The van der Waals surface area contributed by atoms with Gasteiger partial charge in [-0.15, -0.1) is 0 Å². The average molecular weight is 642 g/mol. The Morgan fingerprint density at radius 3 is 2.45 bits per heavy atom. The van der Waals surface area contributed by atoms with E-state index in [-0.39, 0.29) is 23.7 Å². The Balaban J connectivity index is 1.44. The van der Waals surface area contributed by atoms with Gasteiger partial charge < -0.3 is 15.2 Å². The molecule has 2 aliphatic rings. The number of phenolic OH excluding ortho intramolecular Hbond substituents is 1. The molecular formula is C30H22F3N3O6S2. The largest absolute Gasteiger partial charge is 0.504 e. The molecule has 3 amide bonds.